The van der Waals surface area contributed by atoms with Crippen molar-refractivity contribution in [3.63, 3.8) is 0 Å². The summed E-state index contributed by atoms with van der Waals surface area (Å²) in [7, 11) is -0.280. The Bertz CT molecular complexity index is 720. The lowest BCUT2D eigenvalue weighted by molar-refractivity contribution is 0.136. The molecule has 0 saturated carbocycles. The zero-order valence-corrected chi connectivity index (χ0v) is 16.2. The molecule has 2 atom stereocenters. The van der Waals surface area contributed by atoms with E-state index in [2.05, 4.69) is 9.80 Å². The van der Waals surface area contributed by atoms with Gasteiger partial charge in [-0.15, -0.1) is 0 Å². The van der Waals surface area contributed by atoms with Gasteiger partial charge in [-0.25, -0.2) is 17.1 Å². The second-order valence-electron chi connectivity index (χ2n) is 7.51. The summed E-state index contributed by atoms with van der Waals surface area (Å²) in [4.78, 5) is 4.27. The lowest BCUT2D eigenvalue weighted by atomic mass is 10.0. The number of aliphatic hydroxyl groups excluding tert-OH is 1. The molecular formula is C18H28FN3O3S. The normalized spacial score (nSPS) is 26.0. The number of hydrogen-bond donors (Lipinski definition) is 1. The van der Waals surface area contributed by atoms with Gasteiger partial charge in [0.2, 0.25) is 10.0 Å². The Hall–Kier alpha value is -1.22. The van der Waals surface area contributed by atoms with Crippen LogP contribution in [0.1, 0.15) is 12.8 Å². The third-order valence-corrected chi connectivity index (χ3v) is 7.55. The van der Waals surface area contributed by atoms with Gasteiger partial charge in [0.25, 0.3) is 0 Å². The van der Waals surface area contributed by atoms with Crippen molar-refractivity contribution in [2.45, 2.75) is 25.0 Å². The molecule has 2 heterocycles. The van der Waals surface area contributed by atoms with Gasteiger partial charge in [-0.3, -0.25) is 4.90 Å². The SMILES string of the molecule is CN(C)S(=O)(=O)C[C@@H]1CN(C2CCN(c3ccccc3F)CC2)C[C@@H]1O. The van der Waals surface area contributed by atoms with Gasteiger partial charge in [0, 0.05) is 52.2 Å². The van der Waals surface area contributed by atoms with E-state index in [9.17, 15) is 17.9 Å². The highest BCUT2D eigenvalue weighted by atomic mass is 32.2. The van der Waals surface area contributed by atoms with Crippen LogP contribution < -0.4 is 4.90 Å². The van der Waals surface area contributed by atoms with Crippen molar-refractivity contribution in [3.8, 4) is 0 Å². The van der Waals surface area contributed by atoms with Gasteiger partial charge in [-0.05, 0) is 25.0 Å². The minimum Gasteiger partial charge on any atom is -0.391 e. The molecule has 1 N–H and O–H groups in total. The first kappa shape index (κ1) is 19.5. The van der Waals surface area contributed by atoms with Crippen LogP contribution >= 0.6 is 0 Å². The molecule has 0 aliphatic carbocycles. The van der Waals surface area contributed by atoms with Gasteiger partial charge in [-0.1, -0.05) is 12.1 Å². The van der Waals surface area contributed by atoms with E-state index < -0.39 is 16.1 Å². The van der Waals surface area contributed by atoms with E-state index in [4.69, 9.17) is 0 Å². The van der Waals surface area contributed by atoms with E-state index in [1.807, 2.05) is 6.07 Å². The van der Waals surface area contributed by atoms with Crippen LogP contribution in [0.4, 0.5) is 10.1 Å². The van der Waals surface area contributed by atoms with Crippen molar-refractivity contribution < 1.29 is 17.9 Å². The molecular weight excluding hydrogens is 357 g/mol. The van der Waals surface area contributed by atoms with Crippen LogP contribution in [0.15, 0.2) is 24.3 Å². The van der Waals surface area contributed by atoms with Crippen molar-refractivity contribution in [2.75, 3.05) is 50.9 Å². The van der Waals surface area contributed by atoms with Crippen LogP contribution in [0.5, 0.6) is 0 Å². The predicted molar refractivity (Wildman–Crippen MR) is 100 cm³/mol. The molecule has 6 nitrogen and oxygen atoms in total. The summed E-state index contributed by atoms with van der Waals surface area (Å²) in [6.07, 6.45) is 1.15. The average molecular weight is 386 g/mol. The van der Waals surface area contributed by atoms with Crippen molar-refractivity contribution in [2.24, 2.45) is 5.92 Å². The summed E-state index contributed by atoms with van der Waals surface area (Å²) in [5.74, 6) is -0.477. The number of para-hydroxylation sites is 1. The van der Waals surface area contributed by atoms with E-state index in [1.54, 1.807) is 12.1 Å². The number of sulfonamides is 1. The predicted octanol–water partition coefficient (Wildman–Crippen LogP) is 0.979. The molecule has 2 saturated heterocycles. The van der Waals surface area contributed by atoms with E-state index in [1.165, 1.54) is 24.5 Å². The second kappa shape index (κ2) is 7.80. The number of benzene rings is 1. The number of rotatable bonds is 5. The third kappa shape index (κ3) is 4.19. The molecule has 0 amide bonds. The molecule has 8 heteroatoms. The molecule has 0 aromatic heterocycles. The summed E-state index contributed by atoms with van der Waals surface area (Å²) < 4.78 is 39.4. The topological polar surface area (TPSA) is 64.1 Å². The number of nitrogens with zero attached hydrogens (tertiary/aromatic N) is 3. The fourth-order valence-electron chi connectivity index (χ4n) is 3.95. The summed E-state index contributed by atoms with van der Waals surface area (Å²) in [6, 6.07) is 7.13. The summed E-state index contributed by atoms with van der Waals surface area (Å²) in [5, 5.41) is 10.3. The van der Waals surface area contributed by atoms with Crippen LogP contribution in [0, 0.1) is 11.7 Å². The van der Waals surface area contributed by atoms with Crippen LogP contribution in [-0.4, -0.2) is 80.9 Å². The quantitative estimate of drug-likeness (QED) is 0.819. The molecule has 2 aliphatic heterocycles. The minimum atomic E-state index is -3.32. The van der Waals surface area contributed by atoms with Crippen LogP contribution in [0.2, 0.25) is 0 Å². The molecule has 2 fully saturated rings. The van der Waals surface area contributed by atoms with Gasteiger partial charge < -0.3 is 10.0 Å². The van der Waals surface area contributed by atoms with E-state index in [0.717, 1.165) is 25.9 Å². The Labute approximate surface area is 155 Å². The summed E-state index contributed by atoms with van der Waals surface area (Å²) >= 11 is 0. The van der Waals surface area contributed by atoms with Gasteiger partial charge in [0.05, 0.1) is 17.5 Å². The Morgan fingerprint density at radius 1 is 1.19 bits per heavy atom. The molecule has 0 bridgehead atoms. The average Bonchev–Trinajstić information content (AvgIpc) is 2.95. The number of piperidine rings is 1. The molecule has 3 rings (SSSR count). The first-order chi connectivity index (χ1) is 12.3. The van der Waals surface area contributed by atoms with Crippen molar-refractivity contribution in [1.82, 2.24) is 9.21 Å². The zero-order chi connectivity index (χ0) is 18.9. The third-order valence-electron chi connectivity index (χ3n) is 5.59. The Morgan fingerprint density at radius 2 is 1.85 bits per heavy atom. The number of halogens is 1. The monoisotopic (exact) mass is 385 g/mol. The largest absolute Gasteiger partial charge is 0.391 e. The Balaban J connectivity index is 1.56. The highest BCUT2D eigenvalue weighted by Crippen LogP contribution is 2.29. The smallest absolute Gasteiger partial charge is 0.214 e. The molecule has 1 aromatic rings. The van der Waals surface area contributed by atoms with E-state index >= 15 is 0 Å². The van der Waals surface area contributed by atoms with Crippen LogP contribution in [0.25, 0.3) is 0 Å². The number of likely N-dealkylation sites (tertiary alicyclic amines) is 1. The molecule has 0 radical (unpaired) electrons. The zero-order valence-electron chi connectivity index (χ0n) is 15.4. The lowest BCUT2D eigenvalue weighted by Crippen LogP contribution is -2.44. The van der Waals surface area contributed by atoms with Crippen molar-refractivity contribution in [1.29, 1.82) is 0 Å². The van der Waals surface area contributed by atoms with Gasteiger partial charge in [0.15, 0.2) is 0 Å². The molecule has 2 aliphatic rings. The summed E-state index contributed by atoms with van der Waals surface area (Å²) in [5.41, 5.74) is 0.641. The fourth-order valence-corrected chi connectivity index (χ4v) is 5.12. The highest BCUT2D eigenvalue weighted by Gasteiger charge is 2.38. The number of hydrogen-bond acceptors (Lipinski definition) is 5. The van der Waals surface area contributed by atoms with Crippen molar-refractivity contribution in [3.05, 3.63) is 30.1 Å². The Morgan fingerprint density at radius 3 is 2.46 bits per heavy atom. The van der Waals surface area contributed by atoms with Crippen molar-refractivity contribution >= 4 is 15.7 Å². The molecule has 146 valence electrons. The standard InChI is InChI=1S/C18H28FN3O3S/c1-20(2)26(24,25)13-14-11-22(12-18(14)23)15-7-9-21(10-8-15)17-6-4-3-5-16(17)19/h3-6,14-15,18,23H,7-13H2,1-2H3/t14-,18-/m0/s1. The maximum absolute atomic E-state index is 14.0. The van der Waals surface area contributed by atoms with Crippen LogP contribution in [-0.2, 0) is 10.0 Å². The van der Waals surface area contributed by atoms with E-state index in [0.29, 0.717) is 24.8 Å². The molecule has 26 heavy (non-hydrogen) atoms. The maximum Gasteiger partial charge on any atom is 0.214 e. The van der Waals surface area contributed by atoms with Gasteiger partial charge in [0.1, 0.15) is 5.82 Å². The number of aliphatic hydroxyl groups is 1. The molecule has 1 aromatic carbocycles. The second-order valence-corrected chi connectivity index (χ2v) is 9.74. The molecule has 0 spiro atoms. The number of β-amino-alcohol motifs (C(OH)–C–C–N with tert-alkyl or cyclic N) is 1. The molecule has 0 unspecified atom stereocenters. The maximum atomic E-state index is 14.0. The van der Waals surface area contributed by atoms with Gasteiger partial charge >= 0.3 is 0 Å². The van der Waals surface area contributed by atoms with Gasteiger partial charge in [-0.2, -0.15) is 0 Å². The lowest BCUT2D eigenvalue weighted by Gasteiger charge is -2.38. The first-order valence-corrected chi connectivity index (χ1v) is 10.7. The van der Waals surface area contributed by atoms with E-state index in [-0.39, 0.29) is 17.5 Å². The summed E-state index contributed by atoms with van der Waals surface area (Å²) in [6.45, 7) is 2.63. The van der Waals surface area contributed by atoms with Crippen LogP contribution in [0.3, 0.4) is 0 Å². The highest BCUT2D eigenvalue weighted by molar-refractivity contribution is 7.89. The Kier molecular flexibility index (Phi) is 5.86. The first-order valence-electron chi connectivity index (χ1n) is 9.09. The number of anilines is 1. The minimum absolute atomic E-state index is 0.0221. The fraction of sp³-hybridized carbons (Fsp3) is 0.667.